The Hall–Kier alpha value is -2.69. The number of hydrogen-bond donors (Lipinski definition) is 2. The molecule has 5 heteroatoms. The van der Waals surface area contributed by atoms with Gasteiger partial charge >= 0.3 is 0 Å². The van der Waals surface area contributed by atoms with Crippen LogP contribution in [-0.2, 0) is 0 Å². The molecular formula is C20H24N4O. The molecule has 2 N–H and O–H groups in total. The number of aromatic nitrogens is 2. The smallest absolute Gasteiger partial charge is 0.257 e. The third kappa shape index (κ3) is 4.89. The molecule has 0 saturated carbocycles. The number of nitrogens with zero attached hydrogens (tertiary/aromatic N) is 2. The fourth-order valence-electron chi connectivity index (χ4n) is 2.99. The second kappa shape index (κ2) is 8.42. The highest BCUT2D eigenvalue weighted by Crippen LogP contribution is 2.20. The lowest BCUT2D eigenvalue weighted by Gasteiger charge is -2.13. The Labute approximate surface area is 148 Å². The standard InChI is InChI=1S/C20H24N4O/c1-15-7-5-6-10-17(15)20(25)22-19-12-11-18(23-24-19)21-14-13-16-8-3-2-4-9-16/h5-8,10-12H,2-4,9,13-14H2,1H3,(H,21,23)(H,22,24,25). The Morgan fingerprint density at radius 3 is 2.60 bits per heavy atom. The molecule has 1 heterocycles. The normalized spacial score (nSPS) is 13.9. The molecule has 25 heavy (non-hydrogen) atoms. The molecule has 0 spiro atoms. The van der Waals surface area contributed by atoms with Crippen LogP contribution in [0.5, 0.6) is 0 Å². The van der Waals surface area contributed by atoms with E-state index in [-0.39, 0.29) is 5.91 Å². The van der Waals surface area contributed by atoms with Crippen LogP contribution in [0, 0.1) is 6.92 Å². The molecular weight excluding hydrogens is 312 g/mol. The van der Waals surface area contributed by atoms with Gasteiger partial charge in [0.05, 0.1) is 0 Å². The van der Waals surface area contributed by atoms with E-state index in [0.717, 1.165) is 24.3 Å². The molecule has 5 nitrogen and oxygen atoms in total. The van der Waals surface area contributed by atoms with E-state index in [9.17, 15) is 4.79 Å². The van der Waals surface area contributed by atoms with Crippen LogP contribution >= 0.6 is 0 Å². The van der Waals surface area contributed by atoms with E-state index in [1.165, 1.54) is 31.3 Å². The maximum absolute atomic E-state index is 12.3. The van der Waals surface area contributed by atoms with E-state index in [4.69, 9.17) is 0 Å². The van der Waals surface area contributed by atoms with Crippen LogP contribution in [0.4, 0.5) is 11.6 Å². The SMILES string of the molecule is Cc1ccccc1C(=O)Nc1ccc(NCCC2=CCCCC2)nn1. The van der Waals surface area contributed by atoms with Gasteiger partial charge in [-0.25, -0.2) is 0 Å². The summed E-state index contributed by atoms with van der Waals surface area (Å²) in [4.78, 5) is 12.3. The van der Waals surface area contributed by atoms with Crippen LogP contribution < -0.4 is 10.6 Å². The fourth-order valence-corrected chi connectivity index (χ4v) is 2.99. The number of nitrogens with one attached hydrogen (secondary N) is 2. The molecule has 2 aromatic rings. The van der Waals surface area contributed by atoms with Gasteiger partial charge < -0.3 is 10.6 Å². The molecule has 0 aliphatic heterocycles. The largest absolute Gasteiger partial charge is 0.368 e. The number of aryl methyl sites for hydroxylation is 1. The van der Waals surface area contributed by atoms with Gasteiger partial charge in [-0.05, 0) is 62.8 Å². The fraction of sp³-hybridized carbons (Fsp3) is 0.350. The summed E-state index contributed by atoms with van der Waals surface area (Å²) in [5, 5.41) is 14.3. The third-order valence-electron chi connectivity index (χ3n) is 4.43. The van der Waals surface area contributed by atoms with Gasteiger partial charge in [-0.2, -0.15) is 0 Å². The zero-order valence-corrected chi connectivity index (χ0v) is 14.6. The molecule has 1 amide bonds. The number of rotatable bonds is 6. The molecule has 0 unspecified atom stereocenters. The van der Waals surface area contributed by atoms with Crippen molar-refractivity contribution in [1.29, 1.82) is 0 Å². The highest BCUT2D eigenvalue weighted by atomic mass is 16.1. The maximum atomic E-state index is 12.3. The zero-order chi connectivity index (χ0) is 17.5. The summed E-state index contributed by atoms with van der Waals surface area (Å²) in [6.07, 6.45) is 8.47. The van der Waals surface area contributed by atoms with Crippen LogP contribution in [-0.4, -0.2) is 22.6 Å². The van der Waals surface area contributed by atoms with E-state index >= 15 is 0 Å². The first kappa shape index (κ1) is 17.1. The van der Waals surface area contributed by atoms with Crippen LogP contribution in [0.25, 0.3) is 0 Å². The van der Waals surface area contributed by atoms with E-state index in [1.807, 2.05) is 31.2 Å². The molecule has 1 aromatic carbocycles. The van der Waals surface area contributed by atoms with Crippen molar-refractivity contribution in [2.75, 3.05) is 17.2 Å². The lowest BCUT2D eigenvalue weighted by molar-refractivity contribution is 0.102. The van der Waals surface area contributed by atoms with Gasteiger partial charge in [0.15, 0.2) is 5.82 Å². The van der Waals surface area contributed by atoms with Crippen LogP contribution in [0.1, 0.15) is 48.0 Å². The van der Waals surface area contributed by atoms with Crippen molar-refractivity contribution in [1.82, 2.24) is 10.2 Å². The number of benzene rings is 1. The third-order valence-corrected chi connectivity index (χ3v) is 4.43. The van der Waals surface area contributed by atoms with Gasteiger partial charge in [-0.1, -0.05) is 29.8 Å². The van der Waals surface area contributed by atoms with E-state index in [2.05, 4.69) is 26.9 Å². The highest BCUT2D eigenvalue weighted by Gasteiger charge is 2.09. The summed E-state index contributed by atoms with van der Waals surface area (Å²) in [7, 11) is 0. The Balaban J connectivity index is 1.51. The number of amides is 1. The molecule has 130 valence electrons. The number of carbonyl (C=O) groups excluding carboxylic acids is 1. The average Bonchev–Trinajstić information content (AvgIpc) is 2.64. The second-order valence-corrected chi connectivity index (χ2v) is 6.36. The molecule has 1 aliphatic carbocycles. The minimum atomic E-state index is -0.169. The summed E-state index contributed by atoms with van der Waals surface area (Å²) in [6.45, 7) is 2.77. The quantitative estimate of drug-likeness (QED) is 0.770. The molecule has 1 aliphatic rings. The highest BCUT2D eigenvalue weighted by molar-refractivity contribution is 6.04. The van der Waals surface area contributed by atoms with Crippen molar-refractivity contribution in [2.24, 2.45) is 0 Å². The van der Waals surface area contributed by atoms with E-state index < -0.39 is 0 Å². The molecule has 0 atom stereocenters. The van der Waals surface area contributed by atoms with Crippen LogP contribution in [0.2, 0.25) is 0 Å². The van der Waals surface area contributed by atoms with Gasteiger partial charge in [-0.15, -0.1) is 10.2 Å². The minimum Gasteiger partial charge on any atom is -0.368 e. The average molecular weight is 336 g/mol. The van der Waals surface area contributed by atoms with Gasteiger partial charge in [-0.3, -0.25) is 4.79 Å². The van der Waals surface area contributed by atoms with Crippen LogP contribution in [0.3, 0.4) is 0 Å². The first-order valence-corrected chi connectivity index (χ1v) is 8.85. The maximum Gasteiger partial charge on any atom is 0.257 e. The van der Waals surface area contributed by atoms with E-state index in [1.54, 1.807) is 12.1 Å². The first-order chi connectivity index (χ1) is 12.2. The van der Waals surface area contributed by atoms with Crippen LogP contribution in [0.15, 0.2) is 48.0 Å². The number of anilines is 2. The van der Waals surface area contributed by atoms with Crippen molar-refractivity contribution < 1.29 is 4.79 Å². The summed E-state index contributed by atoms with van der Waals surface area (Å²) >= 11 is 0. The first-order valence-electron chi connectivity index (χ1n) is 8.85. The number of allylic oxidation sites excluding steroid dienone is 1. The molecule has 1 aromatic heterocycles. The summed E-state index contributed by atoms with van der Waals surface area (Å²) < 4.78 is 0. The minimum absolute atomic E-state index is 0.169. The Morgan fingerprint density at radius 1 is 1.08 bits per heavy atom. The zero-order valence-electron chi connectivity index (χ0n) is 14.6. The monoisotopic (exact) mass is 336 g/mol. The van der Waals surface area contributed by atoms with Gasteiger partial charge in [0, 0.05) is 12.1 Å². The predicted molar refractivity (Wildman–Crippen MR) is 101 cm³/mol. The van der Waals surface area contributed by atoms with Crippen molar-refractivity contribution >= 4 is 17.5 Å². The van der Waals surface area contributed by atoms with Gasteiger partial charge in [0.25, 0.3) is 5.91 Å². The topological polar surface area (TPSA) is 66.9 Å². The predicted octanol–water partition coefficient (Wildman–Crippen LogP) is 4.34. The van der Waals surface area contributed by atoms with Gasteiger partial charge in [0.1, 0.15) is 5.82 Å². The molecule has 0 radical (unpaired) electrons. The van der Waals surface area contributed by atoms with Crippen molar-refractivity contribution in [2.45, 2.75) is 39.0 Å². The second-order valence-electron chi connectivity index (χ2n) is 6.36. The molecule has 0 saturated heterocycles. The van der Waals surface area contributed by atoms with Crippen molar-refractivity contribution in [3.8, 4) is 0 Å². The summed E-state index contributed by atoms with van der Waals surface area (Å²) in [5.41, 5.74) is 3.12. The summed E-state index contributed by atoms with van der Waals surface area (Å²) in [5.74, 6) is 1.01. The Kier molecular flexibility index (Phi) is 5.77. The molecule has 3 rings (SSSR count). The lowest BCUT2D eigenvalue weighted by atomic mass is 9.97. The Morgan fingerprint density at radius 2 is 1.88 bits per heavy atom. The Bertz CT molecular complexity index is 753. The summed E-state index contributed by atoms with van der Waals surface area (Å²) in [6, 6.07) is 11.1. The van der Waals surface area contributed by atoms with Crippen molar-refractivity contribution in [3.05, 3.63) is 59.2 Å². The molecule has 0 bridgehead atoms. The number of hydrogen-bond acceptors (Lipinski definition) is 4. The van der Waals surface area contributed by atoms with Crippen molar-refractivity contribution in [3.63, 3.8) is 0 Å². The van der Waals surface area contributed by atoms with E-state index in [0.29, 0.717) is 11.4 Å². The molecule has 0 fully saturated rings. The van der Waals surface area contributed by atoms with Gasteiger partial charge in [0.2, 0.25) is 0 Å². The lowest BCUT2D eigenvalue weighted by Crippen LogP contribution is -2.15. The number of carbonyl (C=O) groups is 1.